The summed E-state index contributed by atoms with van der Waals surface area (Å²) in [6, 6.07) is 1.53. The molecule has 4 aromatic heterocycles. The van der Waals surface area contributed by atoms with E-state index in [1.807, 2.05) is 0 Å². The molecular weight excluding hydrogens is 1100 g/mol. The molecule has 10 atom stereocenters. The first-order valence-corrected chi connectivity index (χ1v) is 28.9. The predicted octanol–water partition coefficient (Wildman–Crippen LogP) is 1.81. The molecule has 2 fully saturated rings. The van der Waals surface area contributed by atoms with Gasteiger partial charge in [-0.25, -0.2) is 42.3 Å². The van der Waals surface area contributed by atoms with E-state index in [0.717, 1.165) is 0 Å². The number of aryl methyl sites for hydroxylation is 2. The number of nitrogens with one attached hydrogen (secondary N) is 2. The molecule has 0 spiro atoms. The largest absolute Gasteiger partial charge is 0.490 e. The lowest BCUT2D eigenvalue weighted by molar-refractivity contribution is -0.113. The standard InChI is InChI=1S/C16H24N3O14P3.C15H23N4O14P3/c1-3-6-28-9-29-12-7-14(19-5-4-11-15(19)17-10(2)18-16(11)20)31-13(12)8-30-35(24,25)33-36(26,27)32-34(21,22)23;1-3-4-28-8-29-10-5-12(19-7-16-13-14(19)17-9(2)18-15(13)20)31-11(10)6-30-35(24,25)33-36(26,27)32-34(21,22)23/h3-5,12-14H,1,6-9H2,2H3,(H,24,25)(H,26,27)(H,17,18,20)(H2,21,22,23);3,7,10-12H,1,4-6,8H2,2H3,(H,24,25)(H,26,27)(H,17,18,20)(H2,21,22,23)/t12?,13-,14-;10?,11-,12-/m11/s1. The van der Waals surface area contributed by atoms with Crippen molar-refractivity contribution in [1.82, 2.24) is 34.1 Å². The van der Waals surface area contributed by atoms with Gasteiger partial charge in [0.2, 0.25) is 0 Å². The summed E-state index contributed by atoms with van der Waals surface area (Å²) in [6.07, 6.45) is 0.730. The lowest BCUT2D eigenvalue weighted by Crippen LogP contribution is -2.29. The molecule has 35 nitrogen and oxygen atoms in total. The van der Waals surface area contributed by atoms with E-state index in [4.69, 9.17) is 52.5 Å². The number of phosphoric acid groups is 6. The van der Waals surface area contributed by atoms with Crippen molar-refractivity contribution in [1.29, 1.82) is 0 Å². The van der Waals surface area contributed by atoms with E-state index in [1.54, 1.807) is 24.6 Å². The molecule has 6 unspecified atom stereocenters. The van der Waals surface area contributed by atoms with Gasteiger partial charge in [0.25, 0.3) is 11.1 Å². The second-order valence-electron chi connectivity index (χ2n) is 14.6. The minimum atomic E-state index is -5.68. The van der Waals surface area contributed by atoms with Gasteiger partial charge in [-0.2, -0.15) is 17.2 Å². The van der Waals surface area contributed by atoms with Crippen molar-refractivity contribution in [2.24, 2.45) is 0 Å². The minimum absolute atomic E-state index is 0.0488. The zero-order valence-electron chi connectivity index (χ0n) is 37.1. The van der Waals surface area contributed by atoms with Crippen LogP contribution in [0.4, 0.5) is 0 Å². The Balaban J connectivity index is 0.000000267. The molecule has 2 aliphatic heterocycles. The lowest BCUT2D eigenvalue weighted by atomic mass is 10.2. The lowest BCUT2D eigenvalue weighted by Gasteiger charge is -2.21. The summed E-state index contributed by atoms with van der Waals surface area (Å²) in [5, 5.41) is 0.299. The zero-order chi connectivity index (χ0) is 53.5. The molecule has 0 aromatic carbocycles. The van der Waals surface area contributed by atoms with Crippen LogP contribution in [-0.4, -0.2) is 138 Å². The summed E-state index contributed by atoms with van der Waals surface area (Å²) >= 11 is 0. The van der Waals surface area contributed by atoms with Crippen molar-refractivity contribution in [2.45, 2.75) is 63.6 Å². The molecule has 72 heavy (non-hydrogen) atoms. The van der Waals surface area contributed by atoms with E-state index in [1.165, 1.54) is 29.1 Å². The van der Waals surface area contributed by atoms with Gasteiger partial charge in [0.15, 0.2) is 11.2 Å². The van der Waals surface area contributed by atoms with Crippen LogP contribution in [0, 0.1) is 13.8 Å². The number of H-pyrrole nitrogens is 2. The van der Waals surface area contributed by atoms with Gasteiger partial charge in [-0.1, -0.05) is 12.2 Å². The van der Waals surface area contributed by atoms with Crippen molar-refractivity contribution in [2.75, 3.05) is 40.0 Å². The van der Waals surface area contributed by atoms with Gasteiger partial charge in [0.05, 0.1) is 50.3 Å². The monoisotopic (exact) mass is 1150 g/mol. The highest BCUT2D eigenvalue weighted by Crippen LogP contribution is 2.67. The maximum Gasteiger partial charge on any atom is 0.490 e. The van der Waals surface area contributed by atoms with Crippen molar-refractivity contribution in [3.05, 3.63) is 76.3 Å². The summed E-state index contributed by atoms with van der Waals surface area (Å²) in [5.41, 5.74) is -0.256. The van der Waals surface area contributed by atoms with Crippen LogP contribution in [0.5, 0.6) is 0 Å². The Morgan fingerprint density at radius 2 is 1.11 bits per heavy atom. The van der Waals surface area contributed by atoms with Gasteiger partial charge in [-0.3, -0.25) is 23.2 Å². The number of rotatable bonds is 26. The third-order valence-electron chi connectivity index (χ3n) is 9.07. The molecule has 0 bridgehead atoms. The number of aromatic nitrogens is 7. The first-order chi connectivity index (χ1) is 33.4. The average molecular weight is 1150 g/mol. The predicted molar refractivity (Wildman–Crippen MR) is 236 cm³/mol. The van der Waals surface area contributed by atoms with E-state index in [0.29, 0.717) is 22.7 Å². The number of imidazole rings is 1. The van der Waals surface area contributed by atoms with Crippen molar-refractivity contribution >= 4 is 69.1 Å². The smallest absolute Gasteiger partial charge is 0.351 e. The quantitative estimate of drug-likeness (QED) is 0.0185. The molecule has 10 N–H and O–H groups in total. The molecule has 0 aliphatic carbocycles. The topological polar surface area (TPSA) is 489 Å². The van der Waals surface area contributed by atoms with Gasteiger partial charge >= 0.3 is 46.9 Å². The van der Waals surface area contributed by atoms with Crippen LogP contribution in [-0.2, 0) is 82.1 Å². The Labute approximate surface area is 403 Å². The molecule has 2 aliphatic rings. The molecule has 2 saturated heterocycles. The number of phosphoric ester groups is 2. The van der Waals surface area contributed by atoms with Gasteiger partial charge in [-0.15, -0.1) is 13.2 Å². The first-order valence-electron chi connectivity index (χ1n) is 19.9. The number of ether oxygens (including phenoxy) is 6. The van der Waals surface area contributed by atoms with Crippen molar-refractivity contribution in [3.8, 4) is 0 Å². The molecule has 0 radical (unpaired) electrons. The SMILES string of the molecule is C=CCOCOC1C[C@H](n2ccc3c(=O)[nH]c(C)nc32)O[C@@H]1COP(=O)(O)OP(=O)(O)OP(=O)(O)O.C=CCOCOC1C[C@H](n2cnc3c(=O)[nH]c(C)nc32)O[C@@H]1COP(=O)(O)OP(=O)(O)OP(=O)(O)O. The van der Waals surface area contributed by atoms with E-state index in [2.05, 4.69) is 59.8 Å². The Morgan fingerprint density at radius 3 is 1.57 bits per heavy atom. The fraction of sp³-hybridized carbons (Fsp3) is 0.516. The summed E-state index contributed by atoms with van der Waals surface area (Å²) in [7, 11) is -33.2. The zero-order valence-corrected chi connectivity index (χ0v) is 42.5. The minimum Gasteiger partial charge on any atom is -0.351 e. The average Bonchev–Trinajstić information content (AvgIpc) is 4.02. The van der Waals surface area contributed by atoms with Crippen molar-refractivity contribution < 1.29 is 121 Å². The number of hydrogen-bond donors (Lipinski definition) is 10. The summed E-state index contributed by atoms with van der Waals surface area (Å²) in [5.74, 6) is 0.683. The fourth-order valence-corrected chi connectivity index (χ4v) is 12.6. The first kappa shape index (κ1) is 59.7. The maximum absolute atomic E-state index is 12.2. The van der Waals surface area contributed by atoms with Gasteiger partial charge in [0.1, 0.15) is 55.5 Å². The Hall–Kier alpha value is -3.17. The Morgan fingerprint density at radius 1 is 0.667 bits per heavy atom. The van der Waals surface area contributed by atoms with Crippen LogP contribution in [0.1, 0.15) is 36.9 Å². The highest BCUT2D eigenvalue weighted by Gasteiger charge is 2.46. The van der Waals surface area contributed by atoms with Crippen LogP contribution in [0.25, 0.3) is 22.2 Å². The molecule has 41 heteroatoms. The van der Waals surface area contributed by atoms with Crippen LogP contribution < -0.4 is 11.1 Å². The maximum atomic E-state index is 12.2. The molecule has 0 saturated carbocycles. The van der Waals surface area contributed by atoms with Crippen molar-refractivity contribution in [3.63, 3.8) is 0 Å². The van der Waals surface area contributed by atoms with Crippen LogP contribution in [0.15, 0.2) is 53.5 Å². The molecule has 6 heterocycles. The van der Waals surface area contributed by atoms with Gasteiger partial charge in [0, 0.05) is 19.0 Å². The number of nitrogens with zero attached hydrogens (tertiary/aromatic N) is 5. The van der Waals surface area contributed by atoms with E-state index in [-0.39, 0.29) is 56.4 Å². The third-order valence-corrected chi connectivity index (χ3v) is 16.7. The second-order valence-corrected chi connectivity index (χ2v) is 23.4. The van der Waals surface area contributed by atoms with Gasteiger partial charge in [-0.05, 0) is 19.9 Å². The van der Waals surface area contributed by atoms with Crippen LogP contribution in [0.2, 0.25) is 0 Å². The van der Waals surface area contributed by atoms with E-state index >= 15 is 0 Å². The highest BCUT2D eigenvalue weighted by atomic mass is 31.3. The van der Waals surface area contributed by atoms with Crippen LogP contribution in [0.3, 0.4) is 0 Å². The van der Waals surface area contributed by atoms with E-state index < -0.39 is 103 Å². The fourth-order valence-electron chi connectivity index (χ4n) is 6.50. The molecule has 6 rings (SSSR count). The second kappa shape index (κ2) is 24.7. The summed E-state index contributed by atoms with van der Waals surface area (Å²) < 4.78 is 129. The van der Waals surface area contributed by atoms with Gasteiger partial charge < -0.3 is 82.1 Å². The summed E-state index contributed by atoms with van der Waals surface area (Å²) in [6.45, 7) is 8.62. The molecule has 0 amide bonds. The van der Waals surface area contributed by atoms with E-state index in [9.17, 15) is 56.6 Å². The molecule has 4 aromatic rings. The normalized spacial score (nSPS) is 24.0. The number of hydrogen-bond acceptors (Lipinski definition) is 23. The summed E-state index contributed by atoms with van der Waals surface area (Å²) in [4.78, 5) is 115. The Kier molecular flexibility index (Phi) is 20.5. The molecular formula is C31H47N7O28P6. The number of fused-ring (bicyclic) bond motifs is 2. The highest BCUT2D eigenvalue weighted by molar-refractivity contribution is 7.67. The third kappa shape index (κ3) is 18.0. The van der Waals surface area contributed by atoms with Crippen LogP contribution >= 0.6 is 46.9 Å². The Bertz CT molecular complexity index is 2770. The molecule has 404 valence electrons. The number of aromatic amines is 2.